The molecule has 3 aromatic rings. The molecule has 0 spiro atoms. The Morgan fingerprint density at radius 2 is 1.94 bits per heavy atom. The van der Waals surface area contributed by atoms with Gasteiger partial charge in [0.1, 0.15) is 23.6 Å². The van der Waals surface area contributed by atoms with Crippen molar-refractivity contribution in [3.8, 4) is 17.3 Å². The van der Waals surface area contributed by atoms with Gasteiger partial charge in [-0.05, 0) is 13.8 Å². The SMILES string of the molecule is CCOc1ncc(-c2nc(C(F)(F)F)sc2N2CCN(C(=O)Cn3cnc(C(C)C)n3)C(C)C2)cn1. The van der Waals surface area contributed by atoms with Crippen molar-refractivity contribution >= 4 is 22.2 Å². The van der Waals surface area contributed by atoms with Crippen molar-refractivity contribution in [1.29, 1.82) is 0 Å². The lowest BCUT2D eigenvalue weighted by atomic mass is 10.1. The summed E-state index contributed by atoms with van der Waals surface area (Å²) in [5.41, 5.74) is 0.518. The molecule has 0 radical (unpaired) electrons. The Hall–Kier alpha value is -3.29. The molecule has 0 bridgehead atoms. The molecule has 14 heteroatoms. The lowest BCUT2D eigenvalue weighted by molar-refractivity contribution is -0.137. The number of alkyl halides is 3. The maximum Gasteiger partial charge on any atom is 0.443 e. The molecule has 1 unspecified atom stereocenters. The maximum atomic E-state index is 13.5. The number of piperazine rings is 1. The highest BCUT2D eigenvalue weighted by Gasteiger charge is 2.38. The molecule has 0 N–H and O–H groups in total. The van der Waals surface area contributed by atoms with Crippen LogP contribution in [0.15, 0.2) is 18.7 Å². The molecular weight excluding hydrogens is 497 g/mol. The number of nitrogens with zero attached hydrogens (tertiary/aromatic N) is 8. The van der Waals surface area contributed by atoms with Gasteiger partial charge in [-0.3, -0.25) is 4.79 Å². The van der Waals surface area contributed by atoms with Crippen LogP contribution in [0.5, 0.6) is 6.01 Å². The van der Waals surface area contributed by atoms with Gasteiger partial charge in [0, 0.05) is 49.6 Å². The monoisotopic (exact) mass is 524 g/mol. The fourth-order valence-electron chi connectivity index (χ4n) is 3.87. The van der Waals surface area contributed by atoms with Gasteiger partial charge in [-0.1, -0.05) is 25.2 Å². The van der Waals surface area contributed by atoms with Crippen molar-refractivity contribution in [2.24, 2.45) is 0 Å². The normalized spacial score (nSPS) is 16.6. The molecule has 4 heterocycles. The highest BCUT2D eigenvalue weighted by atomic mass is 32.1. The van der Waals surface area contributed by atoms with Crippen molar-refractivity contribution in [2.75, 3.05) is 31.1 Å². The number of aromatic nitrogens is 6. The first-order valence-electron chi connectivity index (χ1n) is 11.5. The third-order valence-corrected chi connectivity index (χ3v) is 6.79. The Labute approximate surface area is 210 Å². The first-order valence-corrected chi connectivity index (χ1v) is 12.4. The van der Waals surface area contributed by atoms with Crippen LogP contribution in [0.25, 0.3) is 11.3 Å². The van der Waals surface area contributed by atoms with Crippen LogP contribution in [0.2, 0.25) is 0 Å². The van der Waals surface area contributed by atoms with E-state index >= 15 is 0 Å². The first-order chi connectivity index (χ1) is 17.1. The second-order valence-electron chi connectivity index (χ2n) is 8.70. The van der Waals surface area contributed by atoms with Gasteiger partial charge in [-0.2, -0.15) is 18.3 Å². The summed E-state index contributed by atoms with van der Waals surface area (Å²) in [6, 6.07) is -0.0945. The number of hydrogen-bond donors (Lipinski definition) is 0. The standard InChI is InChI=1S/C22H27F3N8O2S/c1-5-35-21-26-8-15(9-27-21)17-19(36-20(29-17)22(23,24)25)31-6-7-33(14(4)10-31)16(34)11-32-12-28-18(30-32)13(2)3/h8-9,12-14H,5-7,10-11H2,1-4H3. The quantitative estimate of drug-likeness (QED) is 0.463. The van der Waals surface area contributed by atoms with E-state index in [-0.39, 0.29) is 36.1 Å². The molecule has 1 aliphatic rings. The van der Waals surface area contributed by atoms with Gasteiger partial charge in [-0.15, -0.1) is 0 Å². The molecule has 1 atom stereocenters. The van der Waals surface area contributed by atoms with E-state index < -0.39 is 11.2 Å². The largest absolute Gasteiger partial charge is 0.464 e. The average Bonchev–Trinajstić information content (AvgIpc) is 3.47. The molecule has 0 saturated carbocycles. The molecule has 4 rings (SSSR count). The average molecular weight is 525 g/mol. The molecule has 0 aliphatic carbocycles. The summed E-state index contributed by atoms with van der Waals surface area (Å²) in [5.74, 6) is 0.694. The van der Waals surface area contributed by atoms with E-state index in [1.54, 1.807) is 11.8 Å². The zero-order valence-corrected chi connectivity index (χ0v) is 21.2. The third-order valence-electron chi connectivity index (χ3n) is 5.63. The second kappa shape index (κ2) is 10.4. The number of hydrogen-bond acceptors (Lipinski definition) is 9. The van der Waals surface area contributed by atoms with E-state index in [1.165, 1.54) is 23.4 Å². The fraction of sp³-hybridized carbons (Fsp3) is 0.545. The van der Waals surface area contributed by atoms with Gasteiger partial charge >= 0.3 is 12.2 Å². The summed E-state index contributed by atoms with van der Waals surface area (Å²) in [5, 5.41) is 3.76. The van der Waals surface area contributed by atoms with E-state index in [0.717, 1.165) is 0 Å². The molecular formula is C22H27F3N8O2S. The number of amides is 1. The maximum absolute atomic E-state index is 13.5. The van der Waals surface area contributed by atoms with Crippen LogP contribution in [0.3, 0.4) is 0 Å². The molecule has 1 saturated heterocycles. The Morgan fingerprint density at radius 3 is 2.53 bits per heavy atom. The third kappa shape index (κ3) is 5.58. The molecule has 1 aliphatic heterocycles. The Morgan fingerprint density at radius 1 is 1.22 bits per heavy atom. The van der Waals surface area contributed by atoms with E-state index in [1.807, 2.05) is 25.7 Å². The van der Waals surface area contributed by atoms with Crippen molar-refractivity contribution < 1.29 is 22.7 Å². The highest BCUT2D eigenvalue weighted by molar-refractivity contribution is 7.16. The zero-order chi connectivity index (χ0) is 26.0. The molecule has 194 valence electrons. The van der Waals surface area contributed by atoms with Crippen molar-refractivity contribution in [3.05, 3.63) is 29.6 Å². The summed E-state index contributed by atoms with van der Waals surface area (Å²) in [7, 11) is 0. The van der Waals surface area contributed by atoms with Crippen LogP contribution in [0.4, 0.5) is 18.2 Å². The number of anilines is 1. The number of rotatable bonds is 7. The van der Waals surface area contributed by atoms with Crippen LogP contribution < -0.4 is 9.64 Å². The fourth-order valence-corrected chi connectivity index (χ4v) is 4.86. The minimum Gasteiger partial charge on any atom is -0.464 e. The first kappa shape index (κ1) is 25.8. The second-order valence-corrected chi connectivity index (χ2v) is 9.67. The molecule has 1 fully saturated rings. The number of thiazole rings is 1. The van der Waals surface area contributed by atoms with E-state index in [2.05, 4.69) is 25.0 Å². The molecule has 10 nitrogen and oxygen atoms in total. The molecule has 1 amide bonds. The van der Waals surface area contributed by atoms with E-state index in [9.17, 15) is 18.0 Å². The number of carbonyl (C=O) groups is 1. The molecule has 0 aromatic carbocycles. The van der Waals surface area contributed by atoms with E-state index in [0.29, 0.717) is 54.0 Å². The summed E-state index contributed by atoms with van der Waals surface area (Å²) >= 11 is 0.579. The predicted octanol–water partition coefficient (Wildman–Crippen LogP) is 3.47. The lowest BCUT2D eigenvalue weighted by Crippen LogP contribution is -2.54. The number of ether oxygens (including phenoxy) is 1. The zero-order valence-electron chi connectivity index (χ0n) is 20.4. The summed E-state index contributed by atoms with van der Waals surface area (Å²) in [4.78, 5) is 32.7. The van der Waals surface area contributed by atoms with Crippen LogP contribution in [0, 0.1) is 0 Å². The summed E-state index contributed by atoms with van der Waals surface area (Å²) < 4.78 is 47.4. The summed E-state index contributed by atoms with van der Waals surface area (Å²) in [6.45, 7) is 9.08. The lowest BCUT2D eigenvalue weighted by Gasteiger charge is -2.40. The minimum absolute atomic E-state index is 0.0532. The predicted molar refractivity (Wildman–Crippen MR) is 127 cm³/mol. The Balaban J connectivity index is 1.52. The van der Waals surface area contributed by atoms with Gasteiger partial charge in [0.05, 0.1) is 6.61 Å². The van der Waals surface area contributed by atoms with Gasteiger partial charge in [0.2, 0.25) is 10.9 Å². The van der Waals surface area contributed by atoms with Crippen molar-refractivity contribution in [2.45, 2.75) is 52.4 Å². The van der Waals surface area contributed by atoms with E-state index in [4.69, 9.17) is 4.74 Å². The van der Waals surface area contributed by atoms with Crippen LogP contribution in [0.1, 0.15) is 44.4 Å². The molecule has 3 aromatic heterocycles. The topological polar surface area (TPSA) is 102 Å². The minimum atomic E-state index is -4.58. The number of halogens is 3. The molecule has 36 heavy (non-hydrogen) atoms. The number of carbonyl (C=O) groups excluding carboxylic acids is 1. The van der Waals surface area contributed by atoms with Crippen LogP contribution in [-0.2, 0) is 17.5 Å². The van der Waals surface area contributed by atoms with Gasteiger partial charge < -0.3 is 14.5 Å². The van der Waals surface area contributed by atoms with Crippen molar-refractivity contribution in [3.63, 3.8) is 0 Å². The van der Waals surface area contributed by atoms with Crippen molar-refractivity contribution in [1.82, 2.24) is 34.6 Å². The van der Waals surface area contributed by atoms with Gasteiger partial charge in [0.15, 0.2) is 5.82 Å². The van der Waals surface area contributed by atoms with Gasteiger partial charge in [0.25, 0.3) is 0 Å². The van der Waals surface area contributed by atoms with Crippen LogP contribution in [-0.4, -0.2) is 72.8 Å². The smallest absolute Gasteiger partial charge is 0.443 e. The van der Waals surface area contributed by atoms with Gasteiger partial charge in [-0.25, -0.2) is 24.6 Å². The highest BCUT2D eigenvalue weighted by Crippen LogP contribution is 2.43. The summed E-state index contributed by atoms with van der Waals surface area (Å²) in [6.07, 6.45) is -0.234. The Kier molecular flexibility index (Phi) is 7.43. The van der Waals surface area contributed by atoms with Crippen LogP contribution >= 0.6 is 11.3 Å². The Bertz CT molecular complexity index is 1190.